The predicted octanol–water partition coefficient (Wildman–Crippen LogP) is 2.03. The zero-order chi connectivity index (χ0) is 13.1. The fourth-order valence-electron chi connectivity index (χ4n) is 1.20. The summed E-state index contributed by atoms with van der Waals surface area (Å²) in [7, 11) is -1.91. The maximum absolute atomic E-state index is 11.9. The van der Waals surface area contributed by atoms with E-state index in [1.54, 1.807) is 24.3 Å². The minimum absolute atomic E-state index is 0.0786. The van der Waals surface area contributed by atoms with Crippen molar-refractivity contribution < 1.29 is 17.9 Å². The maximum Gasteiger partial charge on any atom is 0.191 e. The quantitative estimate of drug-likeness (QED) is 0.615. The van der Waals surface area contributed by atoms with Gasteiger partial charge in [0.05, 0.1) is 7.11 Å². The van der Waals surface area contributed by atoms with E-state index in [4.69, 9.17) is 4.74 Å². The Hall–Kier alpha value is -0.880. The second kappa shape index (κ2) is 5.64. The first-order chi connectivity index (χ1) is 7.92. The summed E-state index contributed by atoms with van der Waals surface area (Å²) in [5.74, 6) is 0.0747. The molecule has 1 rings (SSSR count). The van der Waals surface area contributed by atoms with Crippen LogP contribution in [0.1, 0.15) is 17.3 Å². The summed E-state index contributed by atoms with van der Waals surface area (Å²) >= 11 is 2.93. The molecule has 0 radical (unpaired) electrons. The summed E-state index contributed by atoms with van der Waals surface area (Å²) in [5, 5.41) is 0. The molecule has 0 saturated heterocycles. The Kier molecular flexibility index (Phi) is 4.70. The normalized spacial score (nSPS) is 13.1. The average molecular weight is 321 g/mol. The topological polar surface area (TPSA) is 60.4 Å². The summed E-state index contributed by atoms with van der Waals surface area (Å²) in [5.41, 5.74) is 0.338. The van der Waals surface area contributed by atoms with Crippen molar-refractivity contribution in [2.75, 3.05) is 12.9 Å². The molecule has 4 nitrogen and oxygen atoms in total. The first kappa shape index (κ1) is 14.2. The number of halogens is 1. The van der Waals surface area contributed by atoms with Crippen LogP contribution < -0.4 is 4.74 Å². The van der Waals surface area contributed by atoms with Crippen LogP contribution in [0.3, 0.4) is 0 Å². The third kappa shape index (κ3) is 3.29. The molecule has 0 unspecified atom stereocenters. The number of ether oxygens (including phenoxy) is 1. The van der Waals surface area contributed by atoms with E-state index in [1.165, 1.54) is 14.0 Å². The second-order valence-corrected chi connectivity index (χ2v) is 7.26. The highest BCUT2D eigenvalue weighted by Gasteiger charge is 2.28. The van der Waals surface area contributed by atoms with E-state index < -0.39 is 19.8 Å². The van der Waals surface area contributed by atoms with Crippen LogP contribution in [0.2, 0.25) is 0 Å². The lowest BCUT2D eigenvalue weighted by Crippen LogP contribution is -2.26. The molecule has 0 aromatic heterocycles. The lowest BCUT2D eigenvalue weighted by molar-refractivity contribution is 0.101. The minimum Gasteiger partial charge on any atom is -0.497 e. The van der Waals surface area contributed by atoms with E-state index in [2.05, 4.69) is 15.9 Å². The molecule has 1 aromatic rings. The van der Waals surface area contributed by atoms with Gasteiger partial charge >= 0.3 is 0 Å². The smallest absolute Gasteiger partial charge is 0.191 e. The van der Waals surface area contributed by atoms with Gasteiger partial charge < -0.3 is 4.74 Å². The molecule has 0 amide bonds. The molecule has 0 aliphatic heterocycles. The van der Waals surface area contributed by atoms with Crippen LogP contribution >= 0.6 is 15.9 Å². The van der Waals surface area contributed by atoms with Crippen LogP contribution in [-0.4, -0.2) is 31.2 Å². The maximum atomic E-state index is 11.9. The van der Waals surface area contributed by atoms with Crippen LogP contribution in [-0.2, 0) is 9.84 Å². The Morgan fingerprint density at radius 3 is 2.29 bits per heavy atom. The molecular formula is C11H13BrO4S. The van der Waals surface area contributed by atoms with E-state index in [9.17, 15) is 13.2 Å². The number of benzene rings is 1. The molecule has 0 N–H and O–H groups in total. The van der Waals surface area contributed by atoms with E-state index in [0.29, 0.717) is 11.3 Å². The molecule has 94 valence electrons. The van der Waals surface area contributed by atoms with Gasteiger partial charge in [0, 0.05) is 11.3 Å². The molecule has 0 fully saturated rings. The van der Waals surface area contributed by atoms with E-state index in [-0.39, 0.29) is 5.75 Å². The van der Waals surface area contributed by atoms with Crippen molar-refractivity contribution in [2.45, 2.75) is 11.1 Å². The zero-order valence-corrected chi connectivity index (χ0v) is 11.9. The van der Waals surface area contributed by atoms with Gasteiger partial charge in [-0.2, -0.15) is 0 Å². The Morgan fingerprint density at radius 1 is 1.35 bits per heavy atom. The number of hydrogen-bond acceptors (Lipinski definition) is 4. The van der Waals surface area contributed by atoms with Crippen molar-refractivity contribution in [3.63, 3.8) is 0 Å². The number of alkyl halides is 1. The summed E-state index contributed by atoms with van der Waals surface area (Å²) in [4.78, 5) is 11.9. The molecule has 0 saturated carbocycles. The van der Waals surface area contributed by atoms with Crippen molar-refractivity contribution in [1.29, 1.82) is 0 Å². The van der Waals surface area contributed by atoms with Crippen molar-refractivity contribution >= 4 is 31.6 Å². The van der Waals surface area contributed by atoms with Gasteiger partial charge in [-0.1, -0.05) is 22.9 Å². The monoisotopic (exact) mass is 320 g/mol. The van der Waals surface area contributed by atoms with E-state index >= 15 is 0 Å². The lowest BCUT2D eigenvalue weighted by Gasteiger charge is -2.09. The van der Waals surface area contributed by atoms with Crippen LogP contribution in [0.5, 0.6) is 5.75 Å². The van der Waals surface area contributed by atoms with Gasteiger partial charge in [-0.3, -0.25) is 4.79 Å². The van der Waals surface area contributed by atoms with Gasteiger partial charge in [-0.25, -0.2) is 8.42 Å². The van der Waals surface area contributed by atoms with Crippen molar-refractivity contribution in [3.05, 3.63) is 29.8 Å². The first-order valence-electron chi connectivity index (χ1n) is 4.96. The summed E-state index contributed by atoms with van der Waals surface area (Å²) in [6.45, 7) is 1.50. The molecule has 0 heterocycles. The highest BCUT2D eigenvalue weighted by molar-refractivity contribution is 9.11. The molecule has 0 bridgehead atoms. The van der Waals surface area contributed by atoms with Crippen LogP contribution in [0.15, 0.2) is 24.3 Å². The number of carbonyl (C=O) groups excluding carboxylic acids is 1. The number of Topliss-reactive ketones (excluding diaryl/α,β-unsaturated/α-hetero) is 1. The SMILES string of the molecule is CCS(=O)(=O)[C@@H](Br)C(=O)c1ccc(OC)cc1. The van der Waals surface area contributed by atoms with Crippen molar-refractivity contribution in [2.24, 2.45) is 0 Å². The van der Waals surface area contributed by atoms with Gasteiger partial charge in [-0.15, -0.1) is 0 Å². The standard InChI is InChI=1S/C11H13BrO4S/c1-3-17(14,15)11(12)10(13)8-4-6-9(16-2)7-5-8/h4-7,11H,3H2,1-2H3/t11-/m1/s1. The number of methoxy groups -OCH3 is 1. The predicted molar refractivity (Wildman–Crippen MR) is 69.5 cm³/mol. The van der Waals surface area contributed by atoms with Gasteiger partial charge in [0.15, 0.2) is 19.8 Å². The molecule has 1 atom stereocenters. The molecule has 0 aliphatic carbocycles. The number of sulfone groups is 1. The molecule has 17 heavy (non-hydrogen) atoms. The Balaban J connectivity index is 2.97. The Morgan fingerprint density at radius 2 is 1.88 bits per heavy atom. The number of carbonyl (C=O) groups is 1. The summed E-state index contributed by atoms with van der Waals surface area (Å²) < 4.78 is 26.9. The van der Waals surface area contributed by atoms with Gasteiger partial charge in [0.25, 0.3) is 0 Å². The van der Waals surface area contributed by atoms with E-state index in [1.807, 2.05) is 0 Å². The molecular weight excluding hydrogens is 308 g/mol. The lowest BCUT2D eigenvalue weighted by atomic mass is 10.1. The van der Waals surface area contributed by atoms with Crippen molar-refractivity contribution in [3.8, 4) is 5.75 Å². The number of hydrogen-bond donors (Lipinski definition) is 0. The Bertz CT molecular complexity index is 493. The first-order valence-corrected chi connectivity index (χ1v) is 7.59. The summed E-state index contributed by atoms with van der Waals surface area (Å²) in [6.07, 6.45) is 0. The highest BCUT2D eigenvalue weighted by Crippen LogP contribution is 2.19. The second-order valence-electron chi connectivity index (χ2n) is 3.36. The largest absolute Gasteiger partial charge is 0.497 e. The molecule has 6 heteroatoms. The fraction of sp³-hybridized carbons (Fsp3) is 0.364. The third-order valence-electron chi connectivity index (χ3n) is 2.30. The Labute approximate surface area is 109 Å². The van der Waals surface area contributed by atoms with E-state index in [0.717, 1.165) is 0 Å². The van der Waals surface area contributed by atoms with Crippen LogP contribution in [0.25, 0.3) is 0 Å². The van der Waals surface area contributed by atoms with Gasteiger partial charge in [0.2, 0.25) is 0 Å². The highest BCUT2D eigenvalue weighted by atomic mass is 79.9. The summed E-state index contributed by atoms with van der Waals surface area (Å²) in [6, 6.07) is 6.32. The average Bonchev–Trinajstić information content (AvgIpc) is 2.37. The fourth-order valence-corrected chi connectivity index (χ4v) is 3.01. The van der Waals surface area contributed by atoms with Gasteiger partial charge in [-0.05, 0) is 24.3 Å². The van der Waals surface area contributed by atoms with Gasteiger partial charge in [0.1, 0.15) is 5.75 Å². The molecule has 1 aromatic carbocycles. The van der Waals surface area contributed by atoms with Crippen LogP contribution in [0, 0.1) is 0 Å². The van der Waals surface area contributed by atoms with Crippen molar-refractivity contribution in [1.82, 2.24) is 0 Å². The van der Waals surface area contributed by atoms with Crippen LogP contribution in [0.4, 0.5) is 0 Å². The number of ketones is 1. The third-order valence-corrected chi connectivity index (χ3v) is 6.07. The molecule has 0 aliphatic rings. The number of rotatable bonds is 5. The molecule has 0 spiro atoms. The zero-order valence-electron chi connectivity index (χ0n) is 9.51. The minimum atomic E-state index is -3.43.